The van der Waals surface area contributed by atoms with Crippen LogP contribution in [0.15, 0.2) is 64.6 Å². The summed E-state index contributed by atoms with van der Waals surface area (Å²) in [6.45, 7) is 4.00. The second-order valence-corrected chi connectivity index (χ2v) is 7.15. The minimum atomic E-state index is -2.78. The van der Waals surface area contributed by atoms with Gasteiger partial charge in [0.1, 0.15) is 0 Å². The number of nitrogens with zero attached hydrogens (tertiary/aromatic N) is 2. The summed E-state index contributed by atoms with van der Waals surface area (Å²) in [4.78, 5) is 21.2. The summed E-state index contributed by atoms with van der Waals surface area (Å²) in [5, 5.41) is 10.6. The molecule has 1 heterocycles. The fraction of sp³-hybridized carbons (Fsp3) is 0.304. The molecule has 1 saturated carbocycles. The van der Waals surface area contributed by atoms with E-state index in [9.17, 15) is 13.6 Å². The molecule has 0 saturated heterocycles. The molecule has 1 amide bonds. The van der Waals surface area contributed by atoms with Crippen molar-refractivity contribution in [1.29, 1.82) is 5.41 Å². The van der Waals surface area contributed by atoms with Crippen LogP contribution in [0.3, 0.4) is 0 Å². The summed E-state index contributed by atoms with van der Waals surface area (Å²) >= 11 is 0. The molecule has 0 bridgehead atoms. The second-order valence-electron chi connectivity index (χ2n) is 7.15. The number of carbonyl (C=O) groups is 1. The molecule has 1 aliphatic heterocycles. The molecular weight excluding hydrogens is 416 g/mol. The highest BCUT2D eigenvalue weighted by Crippen LogP contribution is 2.42. The van der Waals surface area contributed by atoms with Gasteiger partial charge in [0.15, 0.2) is 5.90 Å². The van der Waals surface area contributed by atoms with Crippen LogP contribution in [0.25, 0.3) is 0 Å². The molecule has 0 spiro atoms. The highest BCUT2D eigenvalue weighted by molar-refractivity contribution is 6.19. The molecule has 1 fully saturated rings. The molecule has 1 aliphatic carbocycles. The van der Waals surface area contributed by atoms with Crippen molar-refractivity contribution in [2.75, 3.05) is 5.32 Å². The molecule has 7 nitrogen and oxygen atoms in total. The van der Waals surface area contributed by atoms with E-state index in [1.165, 1.54) is 0 Å². The standard InChI is InChI=1S/C21H19F2N5O2.C2H6/c22-21(23)10-13(11-21)17(24)30-20(25)28-18-19(29)26-15-9-5-4-8-14(15)16(27-18)12-6-2-1-3-7-12;1-2/h1-9,13,18,24H,10-11H2,(H2,25,28)(H,26,29);1-2H3. The lowest BCUT2D eigenvalue weighted by atomic mass is 9.81. The zero-order valence-electron chi connectivity index (χ0n) is 17.8. The SMILES string of the molecule is CC.N=C(O/C(N)=N/C1N=C(c2ccccc2)c2ccccc2NC1=O)C1CC(F)(F)C1. The fourth-order valence-corrected chi connectivity index (χ4v) is 3.35. The van der Waals surface area contributed by atoms with Gasteiger partial charge in [-0.05, 0) is 6.07 Å². The minimum absolute atomic E-state index is 0.397. The van der Waals surface area contributed by atoms with Crippen molar-refractivity contribution in [3.05, 3.63) is 65.7 Å². The number of hydrogen-bond acceptors (Lipinski definition) is 5. The Labute approximate surface area is 184 Å². The predicted octanol–water partition coefficient (Wildman–Crippen LogP) is 4.18. The normalized spacial score (nSPS) is 19.8. The van der Waals surface area contributed by atoms with E-state index in [1.54, 1.807) is 12.1 Å². The first-order chi connectivity index (χ1) is 15.3. The van der Waals surface area contributed by atoms with E-state index in [4.69, 9.17) is 15.9 Å². The van der Waals surface area contributed by atoms with Crippen LogP contribution in [0.2, 0.25) is 0 Å². The number of nitrogens with one attached hydrogen (secondary N) is 2. The summed E-state index contributed by atoms with van der Waals surface area (Å²) in [6, 6.07) is 16.0. The topological polar surface area (TPSA) is 113 Å². The second kappa shape index (κ2) is 9.67. The number of amidine groups is 1. The van der Waals surface area contributed by atoms with E-state index in [0.29, 0.717) is 11.4 Å². The number of alkyl halides is 2. The number of benzene rings is 2. The molecule has 32 heavy (non-hydrogen) atoms. The van der Waals surface area contributed by atoms with Gasteiger partial charge in [0, 0.05) is 29.9 Å². The van der Waals surface area contributed by atoms with Crippen molar-refractivity contribution in [3.63, 3.8) is 0 Å². The first kappa shape index (κ1) is 23.1. The molecular formula is C23H25F2N5O2. The Kier molecular flexibility index (Phi) is 6.97. The Morgan fingerprint density at radius 2 is 1.78 bits per heavy atom. The van der Waals surface area contributed by atoms with E-state index in [0.717, 1.165) is 11.1 Å². The number of hydrogen-bond donors (Lipinski definition) is 3. The van der Waals surface area contributed by atoms with Gasteiger partial charge in [0.05, 0.1) is 11.4 Å². The number of carbonyl (C=O) groups excluding carboxylic acids is 1. The highest BCUT2D eigenvalue weighted by Gasteiger charge is 2.48. The third-order valence-corrected chi connectivity index (χ3v) is 4.90. The molecule has 9 heteroatoms. The van der Waals surface area contributed by atoms with Crippen LogP contribution in [-0.2, 0) is 9.53 Å². The maximum atomic E-state index is 13.0. The number of anilines is 1. The first-order valence-corrected chi connectivity index (χ1v) is 10.3. The number of ether oxygens (including phenoxy) is 1. The van der Waals surface area contributed by atoms with Gasteiger partial charge in [-0.25, -0.2) is 13.8 Å². The Morgan fingerprint density at radius 1 is 1.16 bits per heavy atom. The average molecular weight is 441 g/mol. The minimum Gasteiger partial charge on any atom is -0.412 e. The highest BCUT2D eigenvalue weighted by atomic mass is 19.3. The quantitative estimate of drug-likeness (QED) is 0.490. The zero-order chi connectivity index (χ0) is 23.3. The lowest BCUT2D eigenvalue weighted by molar-refractivity contribution is -0.117. The van der Waals surface area contributed by atoms with Gasteiger partial charge in [-0.15, -0.1) is 0 Å². The Balaban J connectivity index is 0.00000141. The number of fused-ring (bicyclic) bond motifs is 1. The summed E-state index contributed by atoms with van der Waals surface area (Å²) in [5.74, 6) is -4.42. The lowest BCUT2D eigenvalue weighted by Gasteiger charge is -2.34. The third-order valence-electron chi connectivity index (χ3n) is 4.90. The number of nitrogens with two attached hydrogens (primary N) is 1. The lowest BCUT2D eigenvalue weighted by Crippen LogP contribution is -2.42. The third kappa shape index (κ3) is 5.16. The Bertz CT molecular complexity index is 1050. The van der Waals surface area contributed by atoms with Gasteiger partial charge in [0.2, 0.25) is 12.1 Å². The van der Waals surface area contributed by atoms with Crippen LogP contribution in [0.1, 0.15) is 37.8 Å². The first-order valence-electron chi connectivity index (χ1n) is 10.3. The zero-order valence-corrected chi connectivity index (χ0v) is 17.8. The van der Waals surface area contributed by atoms with Gasteiger partial charge in [-0.1, -0.05) is 62.4 Å². The molecule has 2 aromatic rings. The number of para-hydroxylation sites is 1. The van der Waals surface area contributed by atoms with E-state index >= 15 is 0 Å². The van der Waals surface area contributed by atoms with Crippen LogP contribution in [0.5, 0.6) is 0 Å². The van der Waals surface area contributed by atoms with Crippen LogP contribution in [0.4, 0.5) is 14.5 Å². The van der Waals surface area contributed by atoms with Crippen LogP contribution in [-0.4, -0.2) is 35.6 Å². The summed E-state index contributed by atoms with van der Waals surface area (Å²) < 4.78 is 31.1. The fourth-order valence-electron chi connectivity index (χ4n) is 3.35. The summed E-state index contributed by atoms with van der Waals surface area (Å²) in [6.07, 6.45) is -2.19. The van der Waals surface area contributed by atoms with Crippen molar-refractivity contribution in [2.24, 2.45) is 21.6 Å². The number of amides is 1. The van der Waals surface area contributed by atoms with E-state index in [2.05, 4.69) is 15.3 Å². The van der Waals surface area contributed by atoms with Crippen molar-refractivity contribution in [2.45, 2.75) is 38.8 Å². The van der Waals surface area contributed by atoms with E-state index in [-0.39, 0.29) is 0 Å². The molecule has 1 unspecified atom stereocenters. The molecule has 4 N–H and O–H groups in total. The summed E-state index contributed by atoms with van der Waals surface area (Å²) in [5.41, 5.74) is 8.36. The monoisotopic (exact) mass is 441 g/mol. The maximum Gasteiger partial charge on any atom is 0.291 e. The van der Waals surface area contributed by atoms with Gasteiger partial charge in [-0.2, -0.15) is 4.99 Å². The number of benzodiazepines with no additional fused rings is 1. The van der Waals surface area contributed by atoms with Crippen molar-refractivity contribution >= 4 is 29.2 Å². The van der Waals surface area contributed by atoms with Gasteiger partial charge < -0.3 is 15.8 Å². The van der Waals surface area contributed by atoms with Crippen LogP contribution in [0, 0.1) is 11.3 Å². The average Bonchev–Trinajstić information content (AvgIpc) is 2.90. The van der Waals surface area contributed by atoms with Crippen LogP contribution < -0.4 is 11.1 Å². The van der Waals surface area contributed by atoms with Gasteiger partial charge in [-0.3, -0.25) is 10.2 Å². The van der Waals surface area contributed by atoms with Crippen molar-refractivity contribution in [3.8, 4) is 0 Å². The molecule has 1 atom stereocenters. The van der Waals surface area contributed by atoms with Gasteiger partial charge in [0.25, 0.3) is 11.9 Å². The van der Waals surface area contributed by atoms with E-state index in [1.807, 2.05) is 56.3 Å². The maximum absolute atomic E-state index is 13.0. The molecule has 2 aliphatic rings. The Morgan fingerprint density at radius 3 is 2.44 bits per heavy atom. The smallest absolute Gasteiger partial charge is 0.291 e. The number of aliphatic imine (C=N–C) groups is 2. The number of halogens is 2. The molecule has 2 aromatic carbocycles. The van der Waals surface area contributed by atoms with E-state index < -0.39 is 48.7 Å². The molecule has 168 valence electrons. The van der Waals surface area contributed by atoms with Crippen molar-refractivity contribution in [1.82, 2.24) is 0 Å². The number of rotatable bonds is 3. The van der Waals surface area contributed by atoms with Crippen LogP contribution >= 0.6 is 0 Å². The molecule has 0 radical (unpaired) electrons. The van der Waals surface area contributed by atoms with Crippen molar-refractivity contribution < 1.29 is 18.3 Å². The Hall–Kier alpha value is -3.62. The molecule has 0 aromatic heterocycles. The van der Waals surface area contributed by atoms with Gasteiger partial charge >= 0.3 is 0 Å². The largest absolute Gasteiger partial charge is 0.412 e. The summed E-state index contributed by atoms with van der Waals surface area (Å²) in [7, 11) is 0. The molecule has 4 rings (SSSR count). The predicted molar refractivity (Wildman–Crippen MR) is 120 cm³/mol.